The molecule has 1 amide bonds. The van der Waals surface area contributed by atoms with Crippen molar-refractivity contribution in [2.24, 2.45) is 29.6 Å². The van der Waals surface area contributed by atoms with Crippen LogP contribution in [0.2, 0.25) is 0 Å². The molecule has 1 aliphatic heterocycles. The molecule has 5 rings (SSSR count). The molecule has 1 aromatic rings. The molecule has 0 radical (unpaired) electrons. The highest BCUT2D eigenvalue weighted by Crippen LogP contribution is 2.69. The monoisotopic (exact) mass is 370 g/mol. The first kappa shape index (κ1) is 17.5. The first-order valence-electron chi connectivity index (χ1n) is 10.6. The van der Waals surface area contributed by atoms with Crippen molar-refractivity contribution in [1.29, 1.82) is 0 Å². The van der Waals surface area contributed by atoms with Crippen molar-refractivity contribution in [2.45, 2.75) is 25.8 Å². The molecular formula is C22H30N2O3. The van der Waals surface area contributed by atoms with Crippen molar-refractivity contribution >= 4 is 5.91 Å². The van der Waals surface area contributed by atoms with Gasteiger partial charge in [-0.2, -0.15) is 0 Å². The van der Waals surface area contributed by atoms with Crippen LogP contribution in [-0.4, -0.2) is 50.3 Å². The molecule has 4 aliphatic rings. The van der Waals surface area contributed by atoms with E-state index < -0.39 is 0 Å². The van der Waals surface area contributed by atoms with Crippen molar-refractivity contribution in [1.82, 2.24) is 10.2 Å². The van der Waals surface area contributed by atoms with E-state index in [4.69, 9.17) is 9.47 Å². The van der Waals surface area contributed by atoms with E-state index in [-0.39, 0.29) is 5.91 Å². The van der Waals surface area contributed by atoms with E-state index in [9.17, 15) is 4.79 Å². The Morgan fingerprint density at radius 1 is 1.19 bits per heavy atom. The molecule has 5 heteroatoms. The van der Waals surface area contributed by atoms with Crippen molar-refractivity contribution in [3.63, 3.8) is 0 Å². The van der Waals surface area contributed by atoms with Crippen LogP contribution in [0.1, 0.15) is 24.8 Å². The van der Waals surface area contributed by atoms with Crippen LogP contribution >= 0.6 is 0 Å². The van der Waals surface area contributed by atoms with Gasteiger partial charge in [0.2, 0.25) is 5.91 Å². The predicted molar refractivity (Wildman–Crippen MR) is 102 cm³/mol. The number of ether oxygens (including phenoxy) is 2. The lowest BCUT2D eigenvalue weighted by Gasteiger charge is -2.26. The summed E-state index contributed by atoms with van der Waals surface area (Å²) in [6, 6.07) is 8.12. The molecule has 1 aromatic carbocycles. The topological polar surface area (TPSA) is 50.8 Å². The maximum atomic E-state index is 12.6. The second-order valence-electron chi connectivity index (χ2n) is 8.68. The van der Waals surface area contributed by atoms with Gasteiger partial charge in [0.05, 0.1) is 13.2 Å². The van der Waals surface area contributed by atoms with Crippen LogP contribution in [0.3, 0.4) is 0 Å². The van der Waals surface area contributed by atoms with Crippen molar-refractivity contribution in [3.05, 3.63) is 29.8 Å². The molecule has 0 spiro atoms. The molecule has 5 nitrogen and oxygen atoms in total. The lowest BCUT2D eigenvalue weighted by molar-refractivity contribution is -0.123. The Bertz CT molecular complexity index is 672. The minimum absolute atomic E-state index is 0.278. The second-order valence-corrected chi connectivity index (χ2v) is 8.68. The van der Waals surface area contributed by atoms with E-state index in [0.717, 1.165) is 56.0 Å². The fourth-order valence-electron chi connectivity index (χ4n) is 5.85. The first-order valence-corrected chi connectivity index (χ1v) is 10.6. The summed E-state index contributed by atoms with van der Waals surface area (Å²) in [5.74, 6) is 4.58. The van der Waals surface area contributed by atoms with Crippen LogP contribution < -0.4 is 10.1 Å². The average molecular weight is 370 g/mol. The van der Waals surface area contributed by atoms with Gasteiger partial charge in [-0.3, -0.25) is 9.69 Å². The molecule has 1 saturated heterocycles. The fraction of sp³-hybridized carbons (Fsp3) is 0.682. The molecule has 0 aromatic heterocycles. The van der Waals surface area contributed by atoms with Gasteiger partial charge in [0.1, 0.15) is 12.4 Å². The van der Waals surface area contributed by atoms with Crippen molar-refractivity contribution in [3.8, 4) is 5.75 Å². The highest BCUT2D eigenvalue weighted by molar-refractivity contribution is 5.82. The van der Waals surface area contributed by atoms with E-state index in [0.29, 0.717) is 30.9 Å². The number of fused-ring (bicyclic) bond motifs is 5. The van der Waals surface area contributed by atoms with Gasteiger partial charge >= 0.3 is 0 Å². The SMILES string of the molecule is O=C(NCc1cccc(OCCN2CCOCC2)c1)C1[C@@H]2[C@H]3CC[C@@H](C3)[C@H]12. The molecule has 1 heterocycles. The zero-order chi connectivity index (χ0) is 18.2. The Hall–Kier alpha value is -1.59. The number of nitrogens with zero attached hydrogens (tertiary/aromatic N) is 1. The van der Waals surface area contributed by atoms with Crippen LogP contribution in [0.15, 0.2) is 24.3 Å². The molecule has 3 saturated carbocycles. The number of nitrogens with one attached hydrogen (secondary N) is 1. The van der Waals surface area contributed by atoms with Gasteiger partial charge < -0.3 is 14.8 Å². The van der Waals surface area contributed by atoms with Crippen LogP contribution in [0.4, 0.5) is 0 Å². The summed E-state index contributed by atoms with van der Waals surface area (Å²) in [5.41, 5.74) is 1.11. The normalized spacial score (nSPS) is 34.3. The maximum absolute atomic E-state index is 12.6. The summed E-state index contributed by atoms with van der Waals surface area (Å²) in [7, 11) is 0. The van der Waals surface area contributed by atoms with E-state index in [1.165, 1.54) is 19.3 Å². The zero-order valence-corrected chi connectivity index (χ0v) is 15.9. The number of amides is 1. The van der Waals surface area contributed by atoms with Crippen LogP contribution in [-0.2, 0) is 16.1 Å². The van der Waals surface area contributed by atoms with Crippen molar-refractivity contribution in [2.75, 3.05) is 39.5 Å². The third kappa shape index (κ3) is 3.59. The van der Waals surface area contributed by atoms with Gasteiger partial charge in [0, 0.05) is 32.1 Å². The number of benzene rings is 1. The average Bonchev–Trinajstić information content (AvgIpc) is 3.14. The second kappa shape index (κ2) is 7.44. The van der Waals surface area contributed by atoms with Gasteiger partial charge in [-0.15, -0.1) is 0 Å². The summed E-state index contributed by atoms with van der Waals surface area (Å²) >= 11 is 0. The molecule has 27 heavy (non-hydrogen) atoms. The van der Waals surface area contributed by atoms with Crippen molar-refractivity contribution < 1.29 is 14.3 Å². The fourth-order valence-corrected chi connectivity index (χ4v) is 5.85. The van der Waals surface area contributed by atoms with Crippen LogP contribution in [0.5, 0.6) is 5.75 Å². The maximum Gasteiger partial charge on any atom is 0.223 e. The lowest BCUT2D eigenvalue weighted by atomic mass is 10.0. The summed E-state index contributed by atoms with van der Waals surface area (Å²) in [6.45, 7) is 5.82. The Kier molecular flexibility index (Phi) is 4.82. The number of morpholine rings is 1. The Morgan fingerprint density at radius 3 is 2.74 bits per heavy atom. The van der Waals surface area contributed by atoms with Gasteiger partial charge in [0.25, 0.3) is 0 Å². The third-order valence-electron chi connectivity index (χ3n) is 7.18. The van der Waals surface area contributed by atoms with Crippen LogP contribution in [0.25, 0.3) is 0 Å². The van der Waals surface area contributed by atoms with Gasteiger partial charge in [0.15, 0.2) is 0 Å². The minimum atomic E-state index is 0.278. The minimum Gasteiger partial charge on any atom is -0.492 e. The Balaban J connectivity index is 1.07. The smallest absolute Gasteiger partial charge is 0.223 e. The number of hydrogen-bond donors (Lipinski definition) is 1. The largest absolute Gasteiger partial charge is 0.492 e. The summed E-state index contributed by atoms with van der Waals surface area (Å²) in [6.07, 6.45) is 4.11. The quantitative estimate of drug-likeness (QED) is 0.800. The molecule has 1 N–H and O–H groups in total. The van der Waals surface area contributed by atoms with Crippen LogP contribution in [0, 0.1) is 29.6 Å². The predicted octanol–water partition coefficient (Wildman–Crippen LogP) is 2.31. The van der Waals surface area contributed by atoms with Gasteiger partial charge in [-0.25, -0.2) is 0 Å². The van der Waals surface area contributed by atoms with E-state index in [1.807, 2.05) is 12.1 Å². The first-order chi connectivity index (χ1) is 13.3. The zero-order valence-electron chi connectivity index (χ0n) is 15.9. The Morgan fingerprint density at radius 2 is 1.96 bits per heavy atom. The molecule has 1 unspecified atom stereocenters. The molecule has 5 atom stereocenters. The standard InChI is InChI=1S/C22H30N2O3/c25-22(21-19-16-4-5-17(13-16)20(19)21)23-14-15-2-1-3-18(12-15)27-11-8-24-6-9-26-10-7-24/h1-3,12,16-17,19-21H,4-11,13-14H2,(H,23,25)/t16-,17-,19-,20+,21?/m0/s1. The molecule has 2 bridgehead atoms. The highest BCUT2D eigenvalue weighted by atomic mass is 16.5. The highest BCUT2D eigenvalue weighted by Gasteiger charge is 2.67. The number of carbonyl (C=O) groups is 1. The van der Waals surface area contributed by atoms with Gasteiger partial charge in [-0.05, 0) is 60.6 Å². The Labute approximate surface area is 161 Å². The molecule has 146 valence electrons. The lowest BCUT2D eigenvalue weighted by Crippen LogP contribution is -2.38. The van der Waals surface area contributed by atoms with E-state index in [2.05, 4.69) is 22.3 Å². The third-order valence-corrected chi connectivity index (χ3v) is 7.18. The number of rotatable bonds is 7. The summed E-state index contributed by atoms with van der Waals surface area (Å²) < 4.78 is 11.3. The summed E-state index contributed by atoms with van der Waals surface area (Å²) in [4.78, 5) is 15.0. The van der Waals surface area contributed by atoms with Gasteiger partial charge in [-0.1, -0.05) is 12.1 Å². The molecule has 4 fully saturated rings. The van der Waals surface area contributed by atoms with E-state index >= 15 is 0 Å². The molecule has 3 aliphatic carbocycles. The summed E-state index contributed by atoms with van der Waals surface area (Å²) in [5, 5.41) is 3.18. The number of carbonyl (C=O) groups excluding carboxylic acids is 1. The number of hydrogen-bond acceptors (Lipinski definition) is 4. The molecular weight excluding hydrogens is 340 g/mol. The van der Waals surface area contributed by atoms with E-state index in [1.54, 1.807) is 0 Å².